The standard InChI is InChI=1S/C34H53NO6/c1-20-14-22(16-36)40-28-27(20)31(4)10-11-34-19-33(34)9-8-25(41-26-15-35(12-13-39-26)21-17-38-18-21)30(2,3)23(33)6-7-24(34)32(31,5)29(28)37/h16,20-29,37H,6-15,17-19H2,1-5H3/t20?,22?,23-,24-,25?,26-,27?,28?,29-,31+,32+,33+,34?/m0/s1. The minimum absolute atomic E-state index is 0.0440. The van der Waals surface area contributed by atoms with E-state index in [2.05, 4.69) is 39.5 Å². The van der Waals surface area contributed by atoms with E-state index in [-0.39, 0.29) is 40.8 Å². The Kier molecular flexibility index (Phi) is 6.13. The molecular formula is C34H53NO6. The van der Waals surface area contributed by atoms with Crippen LogP contribution in [0, 0.1) is 50.7 Å². The van der Waals surface area contributed by atoms with Crippen molar-refractivity contribution in [1.29, 1.82) is 0 Å². The van der Waals surface area contributed by atoms with Crippen molar-refractivity contribution in [1.82, 2.24) is 4.90 Å². The van der Waals surface area contributed by atoms with Gasteiger partial charge in [0.25, 0.3) is 0 Å². The van der Waals surface area contributed by atoms with Crippen LogP contribution in [0.2, 0.25) is 0 Å². The van der Waals surface area contributed by atoms with Crippen LogP contribution in [0.15, 0.2) is 0 Å². The quantitative estimate of drug-likeness (QED) is 0.500. The SMILES string of the molecule is CC1CC(C=O)OC2C1[C@@]1(C)CCC34C[C@@]35CCC(O[C@H]3CN(C6COC6)CCO3)C(C)(C)[C@@H]5CC[C@H]4[C@]1(C)[C@H]2O. The van der Waals surface area contributed by atoms with Crippen molar-refractivity contribution in [3.05, 3.63) is 0 Å². The largest absolute Gasteiger partial charge is 0.390 e. The molecule has 0 aromatic carbocycles. The molecule has 5 saturated carbocycles. The summed E-state index contributed by atoms with van der Waals surface area (Å²) in [4.78, 5) is 14.3. The Bertz CT molecular complexity index is 1080. The highest BCUT2D eigenvalue weighted by Crippen LogP contribution is 2.89. The molecule has 3 aliphatic heterocycles. The summed E-state index contributed by atoms with van der Waals surface area (Å²) in [7, 11) is 0. The average molecular weight is 572 g/mol. The van der Waals surface area contributed by atoms with Gasteiger partial charge in [-0.2, -0.15) is 0 Å². The fraction of sp³-hybridized carbons (Fsp3) is 0.971. The van der Waals surface area contributed by atoms with Crippen LogP contribution in [0.5, 0.6) is 0 Å². The second kappa shape index (κ2) is 9.00. The molecule has 1 N–H and O–H groups in total. The second-order valence-electron chi connectivity index (χ2n) is 16.8. The number of ether oxygens (including phenoxy) is 4. The van der Waals surface area contributed by atoms with Crippen molar-refractivity contribution in [3.8, 4) is 0 Å². The average Bonchev–Trinajstić information content (AvgIpc) is 3.54. The fourth-order valence-electron chi connectivity index (χ4n) is 13.3. The van der Waals surface area contributed by atoms with E-state index in [9.17, 15) is 9.90 Å². The number of aldehydes is 1. The van der Waals surface area contributed by atoms with Gasteiger partial charge in [-0.25, -0.2) is 0 Å². The number of carbonyl (C=O) groups is 1. The first-order valence-electron chi connectivity index (χ1n) is 16.9. The minimum atomic E-state index is -0.501. The number of nitrogens with zero attached hydrogens (tertiary/aromatic N) is 1. The van der Waals surface area contributed by atoms with E-state index in [0.717, 1.165) is 52.0 Å². The van der Waals surface area contributed by atoms with Gasteiger partial charge in [0.2, 0.25) is 0 Å². The zero-order valence-corrected chi connectivity index (χ0v) is 26.0. The van der Waals surface area contributed by atoms with E-state index < -0.39 is 6.10 Å². The topological polar surface area (TPSA) is 77.5 Å². The Hall–Kier alpha value is -0.570. The molecule has 0 amide bonds. The summed E-state index contributed by atoms with van der Waals surface area (Å²) in [5, 5.41) is 12.2. The minimum Gasteiger partial charge on any atom is -0.390 e. The van der Waals surface area contributed by atoms with Crippen LogP contribution in [-0.4, -0.2) is 86.0 Å². The van der Waals surface area contributed by atoms with Gasteiger partial charge >= 0.3 is 0 Å². The molecule has 3 saturated heterocycles. The van der Waals surface area contributed by atoms with Gasteiger partial charge < -0.3 is 28.8 Å². The van der Waals surface area contributed by atoms with E-state index in [1.54, 1.807) is 0 Å². The molecule has 7 heteroatoms. The number of morpholine rings is 1. The summed E-state index contributed by atoms with van der Waals surface area (Å²) in [5.74, 6) is 1.88. The van der Waals surface area contributed by atoms with Crippen LogP contribution < -0.4 is 0 Å². The lowest BCUT2D eigenvalue weighted by molar-refractivity contribution is -0.256. The number of hydrogen-bond acceptors (Lipinski definition) is 7. The maximum atomic E-state index is 12.2. The van der Waals surface area contributed by atoms with Crippen LogP contribution in [-0.2, 0) is 23.7 Å². The third kappa shape index (κ3) is 3.40. The van der Waals surface area contributed by atoms with Crippen LogP contribution >= 0.6 is 0 Å². The first kappa shape index (κ1) is 27.9. The third-order valence-corrected chi connectivity index (χ3v) is 15.4. The van der Waals surface area contributed by atoms with Gasteiger partial charge in [0, 0.05) is 12.0 Å². The zero-order chi connectivity index (χ0) is 28.6. The van der Waals surface area contributed by atoms with Crippen LogP contribution in [0.1, 0.15) is 86.0 Å². The van der Waals surface area contributed by atoms with Crippen molar-refractivity contribution >= 4 is 6.29 Å². The van der Waals surface area contributed by atoms with Crippen LogP contribution in [0.3, 0.4) is 0 Å². The van der Waals surface area contributed by atoms with E-state index in [1.807, 2.05) is 0 Å². The maximum Gasteiger partial charge on any atom is 0.170 e. The predicted octanol–water partition coefficient (Wildman–Crippen LogP) is 4.44. The lowest BCUT2D eigenvalue weighted by Gasteiger charge is -2.64. The van der Waals surface area contributed by atoms with Gasteiger partial charge in [0.15, 0.2) is 6.29 Å². The Morgan fingerprint density at radius 3 is 2.49 bits per heavy atom. The van der Waals surface area contributed by atoms with Gasteiger partial charge in [-0.3, -0.25) is 4.90 Å². The Labute approximate surface area is 246 Å². The van der Waals surface area contributed by atoms with Crippen molar-refractivity contribution in [2.45, 2.75) is 123 Å². The molecule has 0 bridgehead atoms. The molecule has 13 atom stereocenters. The van der Waals surface area contributed by atoms with Gasteiger partial charge in [0.05, 0.1) is 50.7 Å². The fourth-order valence-corrected chi connectivity index (χ4v) is 13.3. The first-order valence-corrected chi connectivity index (χ1v) is 16.9. The molecule has 8 fully saturated rings. The highest BCUT2D eigenvalue weighted by molar-refractivity contribution is 5.56. The van der Waals surface area contributed by atoms with E-state index >= 15 is 0 Å². The number of aliphatic hydroxyl groups excluding tert-OH is 1. The van der Waals surface area contributed by atoms with Gasteiger partial charge in [-0.15, -0.1) is 0 Å². The van der Waals surface area contributed by atoms with Crippen LogP contribution in [0.25, 0.3) is 0 Å². The molecule has 8 rings (SSSR count). The highest BCUT2D eigenvalue weighted by Gasteiger charge is 2.84. The lowest BCUT2D eigenvalue weighted by Crippen LogP contribution is -2.60. The molecule has 230 valence electrons. The summed E-state index contributed by atoms with van der Waals surface area (Å²) >= 11 is 0. The Morgan fingerprint density at radius 2 is 1.76 bits per heavy atom. The van der Waals surface area contributed by atoms with Crippen molar-refractivity contribution in [2.24, 2.45) is 50.7 Å². The van der Waals surface area contributed by atoms with Crippen molar-refractivity contribution in [2.75, 3.05) is 32.9 Å². The number of carbonyl (C=O) groups excluding carboxylic acids is 1. The van der Waals surface area contributed by atoms with Gasteiger partial charge in [-0.05, 0) is 96.7 Å². The summed E-state index contributed by atoms with van der Waals surface area (Å²) in [6, 6.07) is 0.528. The van der Waals surface area contributed by atoms with E-state index in [0.29, 0.717) is 40.5 Å². The number of hydrogen-bond donors (Lipinski definition) is 1. The maximum absolute atomic E-state index is 12.2. The third-order valence-electron chi connectivity index (χ3n) is 15.4. The molecule has 7 nitrogen and oxygen atoms in total. The number of aliphatic hydroxyl groups is 1. The molecule has 0 radical (unpaired) electrons. The van der Waals surface area contributed by atoms with Crippen molar-refractivity contribution in [3.63, 3.8) is 0 Å². The molecule has 3 heterocycles. The van der Waals surface area contributed by atoms with E-state index in [1.165, 1.54) is 38.5 Å². The van der Waals surface area contributed by atoms with Gasteiger partial charge in [-0.1, -0.05) is 34.6 Å². The number of rotatable bonds is 4. The summed E-state index contributed by atoms with van der Waals surface area (Å²) in [6.45, 7) is 16.4. The molecule has 2 spiro atoms. The second-order valence-corrected chi connectivity index (χ2v) is 16.8. The van der Waals surface area contributed by atoms with Crippen LogP contribution in [0.4, 0.5) is 0 Å². The lowest BCUT2D eigenvalue weighted by atomic mass is 9.41. The molecule has 5 aliphatic carbocycles. The summed E-state index contributed by atoms with van der Waals surface area (Å²) < 4.78 is 24.9. The first-order chi connectivity index (χ1) is 19.5. The zero-order valence-electron chi connectivity index (χ0n) is 26.0. The van der Waals surface area contributed by atoms with Crippen molar-refractivity contribution < 1.29 is 28.8 Å². The molecule has 41 heavy (non-hydrogen) atoms. The van der Waals surface area contributed by atoms with E-state index in [4.69, 9.17) is 18.9 Å². The Balaban J connectivity index is 1.04. The predicted molar refractivity (Wildman–Crippen MR) is 153 cm³/mol. The molecule has 8 aliphatic rings. The smallest absolute Gasteiger partial charge is 0.170 e. The summed E-state index contributed by atoms with van der Waals surface area (Å²) in [6.07, 6.45) is 9.27. The van der Waals surface area contributed by atoms with Gasteiger partial charge in [0.1, 0.15) is 12.4 Å². The Morgan fingerprint density at radius 1 is 1.00 bits per heavy atom. The molecule has 6 unspecified atom stereocenters. The normalized spacial score (nSPS) is 57.8. The molecule has 0 aromatic rings. The molecular weight excluding hydrogens is 518 g/mol. The highest BCUT2D eigenvalue weighted by atomic mass is 16.7. The number of fused-ring (bicyclic) bond motifs is 4. The monoisotopic (exact) mass is 571 g/mol. The molecule has 0 aromatic heterocycles. The summed E-state index contributed by atoms with van der Waals surface area (Å²) in [5.41, 5.74) is 0.663.